The Kier molecular flexibility index (Phi) is 3.94. The van der Waals surface area contributed by atoms with Crippen molar-refractivity contribution in [3.05, 3.63) is 23.8 Å². The number of hydrogen-bond donors (Lipinski definition) is 2. The molecule has 0 heterocycles. The second-order valence-corrected chi connectivity index (χ2v) is 3.45. The third kappa shape index (κ3) is 2.61. The molecule has 0 spiro atoms. The quantitative estimate of drug-likeness (QED) is 0.749. The van der Waals surface area contributed by atoms with Gasteiger partial charge in [-0.15, -0.1) is 5.23 Å². The first-order valence-electron chi connectivity index (χ1n) is 5.13. The zero-order valence-electron chi connectivity index (χ0n) is 9.44. The van der Waals surface area contributed by atoms with Gasteiger partial charge in [-0.1, -0.05) is 6.07 Å². The van der Waals surface area contributed by atoms with Gasteiger partial charge in [0, 0.05) is 13.1 Å². The fraction of sp³-hybridized carbons (Fsp3) is 0.455. The second-order valence-electron chi connectivity index (χ2n) is 3.45. The molecule has 1 aromatic rings. The molecule has 2 N–H and O–H groups in total. The van der Waals surface area contributed by atoms with E-state index in [-0.39, 0.29) is 5.23 Å². The van der Waals surface area contributed by atoms with Crippen molar-refractivity contribution in [1.82, 2.24) is 0 Å². The maximum absolute atomic E-state index is 9.13. The largest absolute Gasteiger partial charge is 0.370 e. The van der Waals surface area contributed by atoms with Gasteiger partial charge in [0.1, 0.15) is 5.69 Å². The molecule has 0 bridgehead atoms. The zero-order valence-corrected chi connectivity index (χ0v) is 9.44. The van der Waals surface area contributed by atoms with Gasteiger partial charge in [0.15, 0.2) is 0 Å². The fourth-order valence-corrected chi connectivity index (χ4v) is 1.63. The van der Waals surface area contributed by atoms with Crippen LogP contribution in [-0.4, -0.2) is 23.5 Å². The van der Waals surface area contributed by atoms with Gasteiger partial charge >= 0.3 is 0 Å². The molecular weight excluding hydrogens is 192 g/mol. The number of benzene rings is 1. The van der Waals surface area contributed by atoms with Crippen molar-refractivity contribution in [2.45, 2.75) is 20.8 Å². The van der Waals surface area contributed by atoms with Gasteiger partial charge in [0.2, 0.25) is 0 Å². The monoisotopic (exact) mass is 210 g/mol. The van der Waals surface area contributed by atoms with Crippen LogP contribution in [0.2, 0.25) is 0 Å². The minimum atomic E-state index is 0.181. The van der Waals surface area contributed by atoms with E-state index in [9.17, 15) is 0 Å². The summed E-state index contributed by atoms with van der Waals surface area (Å²) >= 11 is 0. The molecule has 0 saturated heterocycles. The summed E-state index contributed by atoms with van der Waals surface area (Å²) in [4.78, 5) is 2.06. The summed E-state index contributed by atoms with van der Waals surface area (Å²) in [5, 5.41) is 18.4. The van der Waals surface area contributed by atoms with Crippen LogP contribution in [0.4, 0.5) is 11.4 Å². The smallest absolute Gasteiger partial charge is 0.118 e. The van der Waals surface area contributed by atoms with E-state index in [1.807, 2.05) is 32.9 Å². The van der Waals surface area contributed by atoms with Crippen LogP contribution < -0.4 is 10.1 Å². The van der Waals surface area contributed by atoms with E-state index in [0.717, 1.165) is 24.3 Å². The lowest BCUT2D eigenvalue weighted by molar-refractivity contribution is 0.0294. The van der Waals surface area contributed by atoms with E-state index in [4.69, 9.17) is 10.4 Å². The number of nitrogens with zero attached hydrogens (tertiary/aromatic N) is 2. The van der Waals surface area contributed by atoms with Gasteiger partial charge in [-0.05, 0) is 38.5 Å². The van der Waals surface area contributed by atoms with Crippen molar-refractivity contribution in [2.75, 3.05) is 23.2 Å². The Balaban J connectivity index is 3.15. The standard InChI is InChI=1S/C11H18N2O2/c1-4-12(5-2)10-7-6-9(3)8-11(10)13(14)15/h6-8,14-15H,4-5H2,1-3H3. The van der Waals surface area contributed by atoms with E-state index < -0.39 is 0 Å². The highest BCUT2D eigenvalue weighted by molar-refractivity contribution is 5.70. The SMILES string of the molecule is CCN(CC)c1ccc(C)cc1N(O)O. The van der Waals surface area contributed by atoms with Gasteiger partial charge in [0.05, 0.1) is 5.69 Å². The predicted molar refractivity (Wildman–Crippen MR) is 60.8 cm³/mol. The highest BCUT2D eigenvalue weighted by Crippen LogP contribution is 2.28. The lowest BCUT2D eigenvalue weighted by atomic mass is 10.1. The fourth-order valence-electron chi connectivity index (χ4n) is 1.63. The Labute approximate surface area is 90.3 Å². The Morgan fingerprint density at radius 2 is 1.67 bits per heavy atom. The summed E-state index contributed by atoms with van der Waals surface area (Å²) in [6, 6.07) is 5.60. The molecule has 0 unspecified atom stereocenters. The van der Waals surface area contributed by atoms with E-state index >= 15 is 0 Å². The highest BCUT2D eigenvalue weighted by Gasteiger charge is 2.11. The third-order valence-electron chi connectivity index (χ3n) is 2.45. The normalized spacial score (nSPS) is 10.2. The molecule has 0 atom stereocenters. The van der Waals surface area contributed by atoms with Crippen LogP contribution in [0.5, 0.6) is 0 Å². The average Bonchev–Trinajstić information content (AvgIpc) is 2.21. The summed E-state index contributed by atoms with van der Waals surface area (Å²) in [5.74, 6) is 0. The number of aryl methyl sites for hydroxylation is 1. The molecule has 0 aliphatic heterocycles. The number of anilines is 2. The summed E-state index contributed by atoms with van der Waals surface area (Å²) in [6.07, 6.45) is 0. The minimum Gasteiger partial charge on any atom is -0.370 e. The number of hydrogen-bond acceptors (Lipinski definition) is 4. The van der Waals surface area contributed by atoms with Crippen LogP contribution in [0.1, 0.15) is 19.4 Å². The van der Waals surface area contributed by atoms with Crippen LogP contribution in [0.25, 0.3) is 0 Å². The van der Waals surface area contributed by atoms with Crippen LogP contribution in [0.3, 0.4) is 0 Å². The lowest BCUT2D eigenvalue weighted by Crippen LogP contribution is -2.25. The predicted octanol–water partition coefficient (Wildman–Crippen LogP) is 2.43. The molecule has 4 heteroatoms. The molecule has 0 fully saturated rings. The molecule has 0 aliphatic carbocycles. The van der Waals surface area contributed by atoms with Crippen molar-refractivity contribution in [3.8, 4) is 0 Å². The second kappa shape index (κ2) is 5.00. The van der Waals surface area contributed by atoms with E-state index in [0.29, 0.717) is 5.69 Å². The molecule has 84 valence electrons. The molecule has 4 nitrogen and oxygen atoms in total. The summed E-state index contributed by atoms with van der Waals surface area (Å²) in [7, 11) is 0. The van der Waals surface area contributed by atoms with Gasteiger partial charge in [-0.2, -0.15) is 0 Å². The molecule has 0 aliphatic rings. The molecular formula is C11H18N2O2. The van der Waals surface area contributed by atoms with E-state index in [1.54, 1.807) is 6.07 Å². The minimum absolute atomic E-state index is 0.181. The van der Waals surface area contributed by atoms with Gasteiger partial charge < -0.3 is 4.90 Å². The summed E-state index contributed by atoms with van der Waals surface area (Å²) in [5.41, 5.74) is 2.24. The van der Waals surface area contributed by atoms with Crippen molar-refractivity contribution in [3.63, 3.8) is 0 Å². The molecule has 0 radical (unpaired) electrons. The molecule has 0 amide bonds. The van der Waals surface area contributed by atoms with Crippen LogP contribution in [0.15, 0.2) is 18.2 Å². The third-order valence-corrected chi connectivity index (χ3v) is 2.45. The first kappa shape index (κ1) is 11.8. The molecule has 0 saturated carbocycles. The Bertz CT molecular complexity index is 322. The number of rotatable bonds is 4. The maximum Gasteiger partial charge on any atom is 0.118 e. The molecule has 15 heavy (non-hydrogen) atoms. The Morgan fingerprint density at radius 1 is 1.07 bits per heavy atom. The summed E-state index contributed by atoms with van der Waals surface area (Å²) in [6.45, 7) is 7.65. The van der Waals surface area contributed by atoms with Crippen molar-refractivity contribution >= 4 is 11.4 Å². The van der Waals surface area contributed by atoms with Gasteiger partial charge in [-0.25, -0.2) is 0 Å². The lowest BCUT2D eigenvalue weighted by Gasteiger charge is -2.25. The molecule has 0 aromatic heterocycles. The topological polar surface area (TPSA) is 46.9 Å². The van der Waals surface area contributed by atoms with Crippen LogP contribution in [0, 0.1) is 6.92 Å². The Morgan fingerprint density at radius 3 is 2.13 bits per heavy atom. The Hall–Kier alpha value is -1.26. The van der Waals surface area contributed by atoms with Gasteiger partial charge in [0.25, 0.3) is 0 Å². The zero-order chi connectivity index (χ0) is 11.4. The molecule has 1 aromatic carbocycles. The highest BCUT2D eigenvalue weighted by atomic mass is 16.8. The maximum atomic E-state index is 9.13. The first-order chi connectivity index (χ1) is 7.10. The van der Waals surface area contributed by atoms with E-state index in [1.165, 1.54) is 0 Å². The van der Waals surface area contributed by atoms with Gasteiger partial charge in [-0.3, -0.25) is 10.4 Å². The average molecular weight is 210 g/mol. The van der Waals surface area contributed by atoms with Crippen molar-refractivity contribution < 1.29 is 10.4 Å². The first-order valence-corrected chi connectivity index (χ1v) is 5.13. The molecule has 1 rings (SSSR count). The van der Waals surface area contributed by atoms with E-state index in [2.05, 4.69) is 4.90 Å². The van der Waals surface area contributed by atoms with Crippen LogP contribution in [-0.2, 0) is 0 Å². The van der Waals surface area contributed by atoms with Crippen molar-refractivity contribution in [2.24, 2.45) is 0 Å². The summed E-state index contributed by atoms with van der Waals surface area (Å²) < 4.78 is 0. The van der Waals surface area contributed by atoms with Crippen LogP contribution >= 0.6 is 0 Å². The van der Waals surface area contributed by atoms with Crippen molar-refractivity contribution in [1.29, 1.82) is 0 Å².